The fraction of sp³-hybridized carbons (Fsp3) is 0.263. The minimum absolute atomic E-state index is 0.411. The summed E-state index contributed by atoms with van der Waals surface area (Å²) in [6, 6.07) is 10.3. The number of nitrogens with one attached hydrogen (secondary N) is 1. The molecule has 2 rings (SSSR count). The van der Waals surface area contributed by atoms with E-state index in [9.17, 15) is 4.79 Å². The number of halogens is 1. The second-order valence-electron chi connectivity index (χ2n) is 5.38. The Morgan fingerprint density at radius 3 is 2.48 bits per heavy atom. The van der Waals surface area contributed by atoms with Crippen LogP contribution in [0.2, 0.25) is 5.02 Å². The summed E-state index contributed by atoms with van der Waals surface area (Å²) in [4.78, 5) is 12.1. The molecule has 1 unspecified atom stereocenters. The van der Waals surface area contributed by atoms with Gasteiger partial charge in [0.2, 0.25) is 5.75 Å². The van der Waals surface area contributed by atoms with Gasteiger partial charge in [0.05, 0.1) is 27.5 Å². The summed E-state index contributed by atoms with van der Waals surface area (Å²) in [6.07, 6.45) is 0.693. The van der Waals surface area contributed by atoms with Gasteiger partial charge in [0.25, 0.3) is 5.91 Å². The van der Waals surface area contributed by atoms with Crippen LogP contribution in [0.3, 0.4) is 0 Å². The normalized spacial score (nSPS) is 11.7. The number of rotatable bonds is 8. The van der Waals surface area contributed by atoms with E-state index in [2.05, 4.69) is 10.5 Å². The molecule has 0 spiro atoms. The highest BCUT2D eigenvalue weighted by molar-refractivity contribution is 6.30. The lowest BCUT2D eigenvalue weighted by molar-refractivity contribution is -0.127. The van der Waals surface area contributed by atoms with Crippen molar-refractivity contribution in [2.75, 3.05) is 21.3 Å². The summed E-state index contributed by atoms with van der Waals surface area (Å²) in [5.74, 6) is 1.49. The number of benzene rings is 2. The van der Waals surface area contributed by atoms with E-state index >= 15 is 0 Å². The van der Waals surface area contributed by atoms with Crippen molar-refractivity contribution < 1.29 is 23.7 Å². The van der Waals surface area contributed by atoms with Crippen molar-refractivity contribution in [2.45, 2.75) is 13.0 Å². The molecule has 8 heteroatoms. The average Bonchev–Trinajstić information content (AvgIpc) is 2.67. The molecule has 1 atom stereocenters. The summed E-state index contributed by atoms with van der Waals surface area (Å²) in [5, 5.41) is 4.48. The predicted molar refractivity (Wildman–Crippen MR) is 103 cm³/mol. The number of hydrogen-bond acceptors (Lipinski definition) is 6. The Balaban J connectivity index is 2.05. The third-order valence-corrected chi connectivity index (χ3v) is 3.83. The molecule has 2 aromatic carbocycles. The molecule has 0 saturated carbocycles. The first-order valence-electron chi connectivity index (χ1n) is 8.04. The average molecular weight is 393 g/mol. The summed E-state index contributed by atoms with van der Waals surface area (Å²) in [5.41, 5.74) is 3.04. The van der Waals surface area contributed by atoms with E-state index in [1.165, 1.54) is 27.5 Å². The van der Waals surface area contributed by atoms with Gasteiger partial charge >= 0.3 is 0 Å². The highest BCUT2D eigenvalue weighted by Gasteiger charge is 2.16. The summed E-state index contributed by atoms with van der Waals surface area (Å²) in [7, 11) is 4.55. The molecule has 27 heavy (non-hydrogen) atoms. The van der Waals surface area contributed by atoms with Crippen LogP contribution in [-0.2, 0) is 4.79 Å². The monoisotopic (exact) mass is 392 g/mol. The van der Waals surface area contributed by atoms with E-state index in [1.807, 2.05) is 0 Å². The Bertz CT molecular complexity index is 826. The van der Waals surface area contributed by atoms with Crippen LogP contribution in [0.1, 0.15) is 12.5 Å². The minimum Gasteiger partial charge on any atom is -0.493 e. The number of nitrogens with zero attached hydrogens (tertiary/aromatic N) is 1. The predicted octanol–water partition coefficient (Wildman–Crippen LogP) is 3.28. The summed E-state index contributed by atoms with van der Waals surface area (Å²) < 4.78 is 21.4. The quantitative estimate of drug-likeness (QED) is 0.551. The van der Waals surface area contributed by atoms with Gasteiger partial charge in [0, 0.05) is 10.6 Å². The maximum Gasteiger partial charge on any atom is 0.280 e. The smallest absolute Gasteiger partial charge is 0.280 e. The number of carbonyl (C=O) groups excluding carboxylic acids is 1. The maximum absolute atomic E-state index is 12.1. The van der Waals surface area contributed by atoms with Crippen molar-refractivity contribution in [3.8, 4) is 23.0 Å². The molecule has 0 aliphatic carbocycles. The van der Waals surface area contributed by atoms with Gasteiger partial charge in [-0.25, -0.2) is 5.43 Å². The number of amides is 1. The van der Waals surface area contributed by atoms with Crippen LogP contribution >= 0.6 is 11.6 Å². The summed E-state index contributed by atoms with van der Waals surface area (Å²) >= 11 is 5.90. The Kier molecular flexibility index (Phi) is 7.31. The molecule has 0 radical (unpaired) electrons. The van der Waals surface area contributed by atoms with Crippen molar-refractivity contribution in [2.24, 2.45) is 5.10 Å². The lowest BCUT2D eigenvalue weighted by Crippen LogP contribution is -2.33. The van der Waals surface area contributed by atoms with Crippen LogP contribution in [0.15, 0.2) is 41.5 Å². The van der Waals surface area contributed by atoms with Crippen LogP contribution in [0.4, 0.5) is 0 Å². The fourth-order valence-electron chi connectivity index (χ4n) is 2.28. The Morgan fingerprint density at radius 1 is 1.11 bits per heavy atom. The molecule has 0 saturated heterocycles. The zero-order chi connectivity index (χ0) is 19.8. The van der Waals surface area contributed by atoms with E-state index in [0.717, 1.165) is 0 Å². The van der Waals surface area contributed by atoms with Gasteiger partial charge in [0.1, 0.15) is 5.75 Å². The fourth-order valence-corrected chi connectivity index (χ4v) is 2.46. The van der Waals surface area contributed by atoms with Crippen LogP contribution in [0, 0.1) is 0 Å². The molecule has 1 N–H and O–H groups in total. The third kappa shape index (κ3) is 5.27. The van der Waals surface area contributed by atoms with Crippen molar-refractivity contribution in [1.82, 2.24) is 5.43 Å². The number of hydrogen-bond donors (Lipinski definition) is 1. The zero-order valence-electron chi connectivity index (χ0n) is 15.5. The zero-order valence-corrected chi connectivity index (χ0v) is 16.2. The van der Waals surface area contributed by atoms with Crippen LogP contribution in [0.5, 0.6) is 23.0 Å². The molecule has 0 aliphatic rings. The molecular weight excluding hydrogens is 372 g/mol. The Morgan fingerprint density at radius 2 is 1.85 bits per heavy atom. The number of ether oxygens (including phenoxy) is 4. The standard InChI is InChI=1S/C19H21ClN2O5/c1-12(27-15-7-5-6-14(20)10-15)19(23)22-21-11-13-8-9-16(24-2)18(26-4)17(13)25-3/h5-12H,1-4H3,(H,22,23)/b21-11+. The van der Waals surface area contributed by atoms with Gasteiger partial charge in [-0.3, -0.25) is 4.79 Å². The molecule has 0 bridgehead atoms. The van der Waals surface area contributed by atoms with E-state index in [-0.39, 0.29) is 0 Å². The maximum atomic E-state index is 12.1. The highest BCUT2D eigenvalue weighted by atomic mass is 35.5. The summed E-state index contributed by atoms with van der Waals surface area (Å²) in [6.45, 7) is 1.61. The SMILES string of the molecule is COc1ccc(/C=N/NC(=O)C(C)Oc2cccc(Cl)c2)c(OC)c1OC. The molecule has 0 aliphatic heterocycles. The van der Waals surface area contributed by atoms with E-state index < -0.39 is 12.0 Å². The minimum atomic E-state index is -0.757. The Labute approximate surface area is 162 Å². The number of methoxy groups -OCH3 is 3. The molecule has 144 valence electrons. The van der Waals surface area contributed by atoms with Gasteiger partial charge in [-0.15, -0.1) is 0 Å². The van der Waals surface area contributed by atoms with Gasteiger partial charge in [-0.05, 0) is 37.3 Å². The van der Waals surface area contributed by atoms with Gasteiger partial charge in [-0.1, -0.05) is 17.7 Å². The second kappa shape index (κ2) is 9.68. The molecular formula is C19H21ClN2O5. The van der Waals surface area contributed by atoms with Crippen molar-refractivity contribution in [1.29, 1.82) is 0 Å². The molecule has 1 amide bonds. The van der Waals surface area contributed by atoms with Gasteiger partial charge in [0.15, 0.2) is 17.6 Å². The van der Waals surface area contributed by atoms with Gasteiger partial charge < -0.3 is 18.9 Å². The van der Waals surface area contributed by atoms with E-state index in [0.29, 0.717) is 33.6 Å². The molecule has 7 nitrogen and oxygen atoms in total. The molecule has 0 heterocycles. The third-order valence-electron chi connectivity index (χ3n) is 3.59. The van der Waals surface area contributed by atoms with Crippen molar-refractivity contribution in [3.63, 3.8) is 0 Å². The number of carbonyl (C=O) groups is 1. The molecule has 0 aromatic heterocycles. The first-order valence-corrected chi connectivity index (χ1v) is 8.42. The lowest BCUT2D eigenvalue weighted by atomic mass is 10.2. The lowest BCUT2D eigenvalue weighted by Gasteiger charge is -2.14. The van der Waals surface area contributed by atoms with Crippen molar-refractivity contribution >= 4 is 23.7 Å². The highest BCUT2D eigenvalue weighted by Crippen LogP contribution is 2.38. The van der Waals surface area contributed by atoms with Crippen LogP contribution in [-0.4, -0.2) is 39.6 Å². The first-order chi connectivity index (χ1) is 13.0. The van der Waals surface area contributed by atoms with E-state index in [1.54, 1.807) is 43.3 Å². The topological polar surface area (TPSA) is 78.4 Å². The van der Waals surface area contributed by atoms with Crippen LogP contribution in [0.25, 0.3) is 0 Å². The largest absolute Gasteiger partial charge is 0.493 e. The van der Waals surface area contributed by atoms with Gasteiger partial charge in [-0.2, -0.15) is 5.10 Å². The molecule has 2 aromatic rings. The molecule has 0 fully saturated rings. The van der Waals surface area contributed by atoms with Crippen molar-refractivity contribution in [3.05, 3.63) is 47.0 Å². The number of hydrazone groups is 1. The second-order valence-corrected chi connectivity index (χ2v) is 5.81. The van der Waals surface area contributed by atoms with E-state index in [4.69, 9.17) is 30.5 Å². The first kappa shape index (κ1) is 20.4. The Hall–Kier alpha value is -2.93. The van der Waals surface area contributed by atoms with Crippen LogP contribution < -0.4 is 24.4 Å².